The average Bonchev–Trinajstić information content (AvgIpc) is 2.50. The quantitative estimate of drug-likeness (QED) is 0.733. The first kappa shape index (κ1) is 10.6. The highest BCUT2D eigenvalue weighted by molar-refractivity contribution is 5.75. The number of nitrogens with one attached hydrogen (secondary N) is 1. The molecule has 16 heavy (non-hydrogen) atoms. The molecule has 0 radical (unpaired) electrons. The number of benzene rings is 1. The minimum absolute atomic E-state index is 0.00959. The molecule has 0 saturated heterocycles. The van der Waals surface area contributed by atoms with Gasteiger partial charge in [-0.25, -0.2) is 0 Å². The van der Waals surface area contributed by atoms with Crippen molar-refractivity contribution in [3.05, 3.63) is 28.7 Å². The highest BCUT2D eigenvalue weighted by Crippen LogP contribution is 2.29. The molecular weight excluding hydrogens is 206 g/mol. The minimum atomic E-state index is 0.00959. The molecule has 5 nitrogen and oxygen atoms in total. The third kappa shape index (κ3) is 1.88. The number of hydrogen-bond acceptors (Lipinski definition) is 4. The smallest absolute Gasteiger partial charge is 0.219 e. The summed E-state index contributed by atoms with van der Waals surface area (Å²) in [5, 5.41) is 6.18. The zero-order chi connectivity index (χ0) is 11.5. The van der Waals surface area contributed by atoms with Gasteiger partial charge in [0.2, 0.25) is 5.91 Å². The molecule has 1 amide bonds. The second-order valence-electron chi connectivity index (χ2n) is 3.76. The molecule has 2 rings (SSSR count). The number of amides is 1. The first-order valence-corrected chi connectivity index (χ1v) is 5.17. The van der Waals surface area contributed by atoms with Crippen LogP contribution in [0.25, 0.3) is 0 Å². The number of nitrogens with zero attached hydrogens (tertiary/aromatic N) is 2. The largest absolute Gasteiger partial charge is 0.383 e. The number of carbonyl (C=O) groups excluding carboxylic acids is 1. The van der Waals surface area contributed by atoms with Gasteiger partial charge in [0.25, 0.3) is 0 Å². The van der Waals surface area contributed by atoms with Crippen LogP contribution in [0.2, 0.25) is 0 Å². The second kappa shape index (κ2) is 4.30. The van der Waals surface area contributed by atoms with Gasteiger partial charge >= 0.3 is 0 Å². The summed E-state index contributed by atoms with van der Waals surface area (Å²) < 4.78 is 0. The van der Waals surface area contributed by atoms with Crippen molar-refractivity contribution in [2.75, 3.05) is 18.4 Å². The molecule has 0 fully saturated rings. The molecular formula is C11H13N3O2. The molecule has 1 N–H and O–H groups in total. The Morgan fingerprint density at radius 3 is 3.00 bits per heavy atom. The van der Waals surface area contributed by atoms with Crippen molar-refractivity contribution in [2.24, 2.45) is 5.18 Å². The maximum atomic E-state index is 11.4. The number of fused-ring (bicyclic) bond motifs is 1. The van der Waals surface area contributed by atoms with Gasteiger partial charge in [-0.2, -0.15) is 0 Å². The topological polar surface area (TPSA) is 61.8 Å². The van der Waals surface area contributed by atoms with Gasteiger partial charge in [-0.3, -0.25) is 4.79 Å². The predicted octanol–water partition coefficient (Wildman–Crippen LogP) is 1.86. The molecule has 5 heteroatoms. The van der Waals surface area contributed by atoms with Crippen LogP contribution < -0.4 is 5.32 Å². The molecule has 84 valence electrons. The van der Waals surface area contributed by atoms with E-state index < -0.39 is 0 Å². The van der Waals surface area contributed by atoms with Gasteiger partial charge in [-0.15, -0.1) is 4.91 Å². The molecule has 0 saturated carbocycles. The van der Waals surface area contributed by atoms with E-state index in [2.05, 4.69) is 10.5 Å². The van der Waals surface area contributed by atoms with Gasteiger partial charge < -0.3 is 10.2 Å². The van der Waals surface area contributed by atoms with E-state index in [9.17, 15) is 9.70 Å². The van der Waals surface area contributed by atoms with Gasteiger partial charge in [0.1, 0.15) is 5.69 Å². The fourth-order valence-corrected chi connectivity index (χ4v) is 1.86. The summed E-state index contributed by atoms with van der Waals surface area (Å²) in [5.41, 5.74) is 2.09. The Morgan fingerprint density at radius 2 is 2.31 bits per heavy atom. The van der Waals surface area contributed by atoms with Crippen LogP contribution in [-0.4, -0.2) is 23.9 Å². The lowest BCUT2D eigenvalue weighted by atomic mass is 10.1. The summed E-state index contributed by atoms with van der Waals surface area (Å²) >= 11 is 0. The summed E-state index contributed by atoms with van der Waals surface area (Å²) in [6.45, 7) is 3.30. The molecule has 1 aromatic carbocycles. The van der Waals surface area contributed by atoms with E-state index in [4.69, 9.17) is 0 Å². The third-order valence-corrected chi connectivity index (χ3v) is 2.74. The fraction of sp³-hybridized carbons (Fsp3) is 0.364. The van der Waals surface area contributed by atoms with E-state index in [1.54, 1.807) is 17.0 Å². The van der Waals surface area contributed by atoms with E-state index in [0.29, 0.717) is 25.3 Å². The first-order chi connectivity index (χ1) is 7.72. The maximum Gasteiger partial charge on any atom is 0.219 e. The number of hydrogen-bond donors (Lipinski definition) is 1. The Balaban J connectivity index is 2.40. The molecule has 1 aliphatic rings. The van der Waals surface area contributed by atoms with Gasteiger partial charge in [0.15, 0.2) is 0 Å². The Hall–Kier alpha value is -1.91. The van der Waals surface area contributed by atoms with Crippen molar-refractivity contribution in [1.82, 2.24) is 4.90 Å². The zero-order valence-corrected chi connectivity index (χ0v) is 9.06. The molecule has 1 heterocycles. The van der Waals surface area contributed by atoms with Crippen molar-refractivity contribution in [3.63, 3.8) is 0 Å². The van der Waals surface area contributed by atoms with Crippen LogP contribution in [0.15, 0.2) is 23.4 Å². The Kier molecular flexibility index (Phi) is 2.85. The van der Waals surface area contributed by atoms with Crippen molar-refractivity contribution in [1.29, 1.82) is 0 Å². The second-order valence-corrected chi connectivity index (χ2v) is 3.76. The minimum Gasteiger partial charge on any atom is -0.383 e. The van der Waals surface area contributed by atoms with E-state index in [0.717, 1.165) is 11.3 Å². The Labute approximate surface area is 93.4 Å². The van der Waals surface area contributed by atoms with Crippen molar-refractivity contribution < 1.29 is 4.79 Å². The predicted molar refractivity (Wildman–Crippen MR) is 61.5 cm³/mol. The Morgan fingerprint density at radius 1 is 1.50 bits per heavy atom. The molecule has 1 aliphatic heterocycles. The normalized spacial score (nSPS) is 14.7. The standard InChI is InChI=1S/C11H13N3O2/c1-8(15)14-6-5-12-10-3-2-4-11(13-16)9(10)7-14/h2-4,12H,5-7H2,1H3. The van der Waals surface area contributed by atoms with Crippen LogP contribution in [0.4, 0.5) is 11.4 Å². The van der Waals surface area contributed by atoms with E-state index >= 15 is 0 Å². The molecule has 0 aliphatic carbocycles. The molecule has 0 atom stereocenters. The van der Waals surface area contributed by atoms with Gasteiger partial charge in [-0.1, -0.05) is 6.07 Å². The summed E-state index contributed by atoms with van der Waals surface area (Å²) in [5.74, 6) is 0.00959. The van der Waals surface area contributed by atoms with Crippen molar-refractivity contribution >= 4 is 17.3 Å². The van der Waals surface area contributed by atoms with Crippen LogP contribution in [-0.2, 0) is 11.3 Å². The average molecular weight is 219 g/mol. The highest BCUT2D eigenvalue weighted by Gasteiger charge is 2.18. The van der Waals surface area contributed by atoms with E-state index in [1.807, 2.05) is 6.07 Å². The summed E-state index contributed by atoms with van der Waals surface area (Å²) in [6.07, 6.45) is 0. The molecule has 0 bridgehead atoms. The number of nitroso groups, excluding NO2 is 1. The maximum absolute atomic E-state index is 11.4. The lowest BCUT2D eigenvalue weighted by Gasteiger charge is -2.18. The number of carbonyl (C=O) groups is 1. The van der Waals surface area contributed by atoms with Crippen LogP contribution in [0.5, 0.6) is 0 Å². The lowest BCUT2D eigenvalue weighted by Crippen LogP contribution is -2.30. The monoisotopic (exact) mass is 219 g/mol. The van der Waals surface area contributed by atoms with Gasteiger partial charge in [-0.05, 0) is 17.3 Å². The highest BCUT2D eigenvalue weighted by atomic mass is 16.3. The zero-order valence-electron chi connectivity index (χ0n) is 9.06. The lowest BCUT2D eigenvalue weighted by molar-refractivity contribution is -0.129. The van der Waals surface area contributed by atoms with Crippen LogP contribution in [0.1, 0.15) is 12.5 Å². The summed E-state index contributed by atoms with van der Waals surface area (Å²) in [6, 6.07) is 5.34. The number of anilines is 1. The first-order valence-electron chi connectivity index (χ1n) is 5.17. The van der Waals surface area contributed by atoms with Crippen molar-refractivity contribution in [2.45, 2.75) is 13.5 Å². The van der Waals surface area contributed by atoms with Crippen molar-refractivity contribution in [3.8, 4) is 0 Å². The van der Waals surface area contributed by atoms with Gasteiger partial charge in [0, 0.05) is 37.8 Å². The van der Waals surface area contributed by atoms with Crippen LogP contribution in [0.3, 0.4) is 0 Å². The molecule has 0 aromatic heterocycles. The summed E-state index contributed by atoms with van der Waals surface area (Å²) in [4.78, 5) is 23.7. The summed E-state index contributed by atoms with van der Waals surface area (Å²) in [7, 11) is 0. The molecule has 0 unspecified atom stereocenters. The van der Waals surface area contributed by atoms with Crippen LogP contribution >= 0.6 is 0 Å². The third-order valence-electron chi connectivity index (χ3n) is 2.74. The Bertz CT molecular complexity index is 431. The molecule has 1 aromatic rings. The molecule has 0 spiro atoms. The fourth-order valence-electron chi connectivity index (χ4n) is 1.86. The van der Waals surface area contributed by atoms with E-state index in [1.165, 1.54) is 6.92 Å². The van der Waals surface area contributed by atoms with E-state index in [-0.39, 0.29) is 5.91 Å². The SMILES string of the molecule is CC(=O)N1CCNc2cccc(N=O)c2C1. The van der Waals surface area contributed by atoms with Gasteiger partial charge in [0.05, 0.1) is 0 Å². The van der Waals surface area contributed by atoms with Crippen LogP contribution in [0, 0.1) is 4.91 Å². The number of rotatable bonds is 1.